The first-order valence-electron chi connectivity index (χ1n) is 6.83. The average Bonchev–Trinajstić information content (AvgIpc) is 3.06. The number of amides is 1. The summed E-state index contributed by atoms with van der Waals surface area (Å²) in [5.41, 5.74) is 0.701. The molecular weight excluding hydrogens is 272 g/mol. The normalized spacial score (nSPS) is 15.4. The summed E-state index contributed by atoms with van der Waals surface area (Å²) < 4.78 is 5.50. The Morgan fingerprint density at radius 1 is 1.25 bits per heavy atom. The van der Waals surface area contributed by atoms with Crippen LogP contribution in [0.4, 0.5) is 0 Å². The van der Waals surface area contributed by atoms with E-state index in [2.05, 4.69) is 10.6 Å². The number of carbonyl (C=O) groups is 1. The van der Waals surface area contributed by atoms with Gasteiger partial charge in [-0.25, -0.2) is 0 Å². The number of rotatable bonds is 2. The number of carbonyl (C=O) groups excluding carboxylic acids is 1. The molecule has 0 spiro atoms. The molecule has 1 fully saturated rings. The standard InChI is InChI=1S/C15H16N2O2S/c18-14(17-15(20)16-11-6-2-3-7-11)13-9-10-5-1-4-8-12(10)19-13/h1,4-5,8-9,11H,2-3,6-7H2,(H2,16,17,18,20). The Hall–Kier alpha value is -1.88. The topological polar surface area (TPSA) is 54.3 Å². The average molecular weight is 288 g/mol. The van der Waals surface area contributed by atoms with Crippen LogP contribution in [0.25, 0.3) is 11.0 Å². The Morgan fingerprint density at radius 2 is 2.00 bits per heavy atom. The molecule has 3 rings (SSSR count). The van der Waals surface area contributed by atoms with E-state index < -0.39 is 0 Å². The van der Waals surface area contributed by atoms with Crippen molar-refractivity contribution in [2.45, 2.75) is 31.7 Å². The predicted molar refractivity (Wildman–Crippen MR) is 81.7 cm³/mol. The van der Waals surface area contributed by atoms with Crippen LogP contribution >= 0.6 is 12.2 Å². The maximum absolute atomic E-state index is 12.1. The van der Waals surface area contributed by atoms with E-state index in [-0.39, 0.29) is 11.7 Å². The molecule has 4 nitrogen and oxygen atoms in total. The monoisotopic (exact) mass is 288 g/mol. The largest absolute Gasteiger partial charge is 0.451 e. The fourth-order valence-electron chi connectivity index (χ4n) is 2.55. The summed E-state index contributed by atoms with van der Waals surface area (Å²) in [7, 11) is 0. The molecule has 20 heavy (non-hydrogen) atoms. The lowest BCUT2D eigenvalue weighted by Crippen LogP contribution is -2.43. The van der Waals surface area contributed by atoms with Crippen LogP contribution in [0.3, 0.4) is 0 Å². The van der Waals surface area contributed by atoms with E-state index in [0.29, 0.717) is 16.7 Å². The van der Waals surface area contributed by atoms with E-state index in [1.54, 1.807) is 6.07 Å². The van der Waals surface area contributed by atoms with Crippen molar-refractivity contribution in [3.05, 3.63) is 36.1 Å². The Kier molecular flexibility index (Phi) is 3.69. The van der Waals surface area contributed by atoms with Crippen molar-refractivity contribution in [2.24, 2.45) is 0 Å². The van der Waals surface area contributed by atoms with Crippen molar-refractivity contribution in [1.29, 1.82) is 0 Å². The summed E-state index contributed by atoms with van der Waals surface area (Å²) >= 11 is 5.16. The number of fused-ring (bicyclic) bond motifs is 1. The van der Waals surface area contributed by atoms with E-state index in [0.717, 1.165) is 18.2 Å². The van der Waals surface area contributed by atoms with Gasteiger partial charge < -0.3 is 9.73 Å². The molecule has 0 saturated heterocycles. The lowest BCUT2D eigenvalue weighted by Gasteiger charge is -2.14. The SMILES string of the molecule is O=C(NC(=S)NC1CCCC1)c1cc2ccccc2o1. The second-order valence-corrected chi connectivity index (χ2v) is 5.47. The molecule has 1 aromatic heterocycles. The summed E-state index contributed by atoms with van der Waals surface area (Å²) in [4.78, 5) is 12.1. The maximum Gasteiger partial charge on any atom is 0.293 e. The molecular formula is C15H16N2O2S. The molecule has 2 aromatic rings. The van der Waals surface area contributed by atoms with Crippen LogP contribution in [0.2, 0.25) is 0 Å². The van der Waals surface area contributed by atoms with Gasteiger partial charge >= 0.3 is 0 Å². The van der Waals surface area contributed by atoms with Gasteiger partial charge in [-0.15, -0.1) is 0 Å². The fourth-order valence-corrected chi connectivity index (χ4v) is 2.81. The summed E-state index contributed by atoms with van der Waals surface area (Å²) in [5, 5.41) is 7.13. The van der Waals surface area contributed by atoms with E-state index >= 15 is 0 Å². The van der Waals surface area contributed by atoms with Crippen molar-refractivity contribution in [2.75, 3.05) is 0 Å². The van der Waals surface area contributed by atoms with Gasteiger partial charge in [0.05, 0.1) is 0 Å². The van der Waals surface area contributed by atoms with E-state index in [4.69, 9.17) is 16.6 Å². The molecule has 1 aromatic carbocycles. The van der Waals surface area contributed by atoms with Gasteiger partial charge in [0.2, 0.25) is 0 Å². The highest BCUT2D eigenvalue weighted by Crippen LogP contribution is 2.19. The molecule has 1 aliphatic carbocycles. The summed E-state index contributed by atoms with van der Waals surface area (Å²) in [6, 6.07) is 9.64. The third-order valence-corrected chi connectivity index (χ3v) is 3.79. The molecule has 5 heteroatoms. The Morgan fingerprint density at radius 3 is 2.75 bits per heavy atom. The molecule has 2 N–H and O–H groups in total. The first kappa shape index (κ1) is 13.1. The number of furan rings is 1. The van der Waals surface area contributed by atoms with Crippen molar-refractivity contribution < 1.29 is 9.21 Å². The quantitative estimate of drug-likeness (QED) is 0.834. The zero-order valence-corrected chi connectivity index (χ0v) is 11.8. The lowest BCUT2D eigenvalue weighted by atomic mass is 10.2. The molecule has 1 amide bonds. The van der Waals surface area contributed by atoms with Gasteiger partial charge in [0.1, 0.15) is 5.58 Å². The molecule has 1 heterocycles. The zero-order valence-electron chi connectivity index (χ0n) is 11.0. The van der Waals surface area contributed by atoms with Crippen molar-refractivity contribution in [3.8, 4) is 0 Å². The fraction of sp³-hybridized carbons (Fsp3) is 0.333. The van der Waals surface area contributed by atoms with Crippen LogP contribution in [-0.2, 0) is 0 Å². The highest BCUT2D eigenvalue weighted by atomic mass is 32.1. The van der Waals surface area contributed by atoms with Crippen LogP contribution in [0.5, 0.6) is 0 Å². The molecule has 1 saturated carbocycles. The minimum absolute atomic E-state index is 0.279. The second kappa shape index (κ2) is 5.63. The summed E-state index contributed by atoms with van der Waals surface area (Å²) in [5.74, 6) is -0.0292. The van der Waals surface area contributed by atoms with E-state index in [9.17, 15) is 4.79 Å². The number of hydrogen-bond donors (Lipinski definition) is 2. The van der Waals surface area contributed by atoms with Crippen molar-refractivity contribution in [1.82, 2.24) is 10.6 Å². The first-order valence-corrected chi connectivity index (χ1v) is 7.23. The van der Waals surface area contributed by atoms with Crippen molar-refractivity contribution >= 4 is 34.2 Å². The Labute approximate surface area is 122 Å². The van der Waals surface area contributed by atoms with Gasteiger partial charge in [0.15, 0.2) is 10.9 Å². The van der Waals surface area contributed by atoms with Gasteiger partial charge in [0, 0.05) is 11.4 Å². The molecule has 104 valence electrons. The molecule has 1 aliphatic rings. The third kappa shape index (κ3) is 2.82. The molecule has 0 atom stereocenters. The van der Waals surface area contributed by atoms with Crippen molar-refractivity contribution in [3.63, 3.8) is 0 Å². The van der Waals surface area contributed by atoms with E-state index in [1.807, 2.05) is 24.3 Å². The highest BCUT2D eigenvalue weighted by molar-refractivity contribution is 7.80. The number of hydrogen-bond acceptors (Lipinski definition) is 3. The number of para-hydroxylation sites is 1. The van der Waals surface area contributed by atoms with Crippen LogP contribution in [0.1, 0.15) is 36.2 Å². The van der Waals surface area contributed by atoms with Gasteiger partial charge in [-0.05, 0) is 37.2 Å². The summed E-state index contributed by atoms with van der Waals surface area (Å²) in [6.07, 6.45) is 4.66. The smallest absolute Gasteiger partial charge is 0.293 e. The van der Waals surface area contributed by atoms with Gasteiger partial charge in [0.25, 0.3) is 5.91 Å². The third-order valence-electron chi connectivity index (χ3n) is 3.57. The number of nitrogens with one attached hydrogen (secondary N) is 2. The van der Waals surface area contributed by atoms with Gasteiger partial charge in [-0.3, -0.25) is 10.1 Å². The predicted octanol–water partition coefficient (Wildman–Crippen LogP) is 2.98. The minimum atomic E-state index is -0.309. The van der Waals surface area contributed by atoms with Crippen LogP contribution < -0.4 is 10.6 Å². The van der Waals surface area contributed by atoms with Gasteiger partial charge in [-0.2, -0.15) is 0 Å². The maximum atomic E-state index is 12.1. The molecule has 0 aliphatic heterocycles. The summed E-state index contributed by atoms with van der Waals surface area (Å²) in [6.45, 7) is 0. The Balaban J connectivity index is 1.64. The lowest BCUT2D eigenvalue weighted by molar-refractivity contribution is 0.0951. The second-order valence-electron chi connectivity index (χ2n) is 5.06. The van der Waals surface area contributed by atoms with E-state index in [1.165, 1.54) is 12.8 Å². The molecule has 0 radical (unpaired) electrons. The van der Waals surface area contributed by atoms with Crippen LogP contribution in [0.15, 0.2) is 34.7 Å². The van der Waals surface area contributed by atoms with Gasteiger partial charge in [-0.1, -0.05) is 31.0 Å². The molecule has 0 unspecified atom stereocenters. The minimum Gasteiger partial charge on any atom is -0.451 e. The number of benzene rings is 1. The number of thiocarbonyl (C=S) groups is 1. The first-order chi connectivity index (χ1) is 9.72. The van der Waals surface area contributed by atoms with Crippen LogP contribution in [0, 0.1) is 0 Å². The Bertz CT molecular complexity index is 611. The molecule has 0 bridgehead atoms. The van der Waals surface area contributed by atoms with Crippen LogP contribution in [-0.4, -0.2) is 17.1 Å². The highest BCUT2D eigenvalue weighted by Gasteiger charge is 2.18. The zero-order chi connectivity index (χ0) is 13.9.